The number of nitrogens with zero attached hydrogens (tertiary/aromatic N) is 1. The summed E-state index contributed by atoms with van der Waals surface area (Å²) in [6, 6.07) is 9.36. The molecule has 0 saturated carbocycles. The van der Waals surface area contributed by atoms with Gasteiger partial charge < -0.3 is 5.32 Å². The summed E-state index contributed by atoms with van der Waals surface area (Å²) < 4.78 is 36.6. The lowest BCUT2D eigenvalue weighted by Gasteiger charge is -2.24. The fourth-order valence-corrected chi connectivity index (χ4v) is 1.73. The molecular formula is C12H17F3N2. The van der Waals surface area contributed by atoms with Crippen LogP contribution in [0.15, 0.2) is 30.3 Å². The maximum atomic E-state index is 12.2. The van der Waals surface area contributed by atoms with Gasteiger partial charge in [-0.25, -0.2) is 0 Å². The average molecular weight is 246 g/mol. The Morgan fingerprint density at radius 3 is 2.29 bits per heavy atom. The highest BCUT2D eigenvalue weighted by molar-refractivity contribution is 5.19. The smallest absolute Gasteiger partial charge is 0.312 e. The second-order valence-electron chi connectivity index (χ2n) is 4.06. The molecular weight excluding hydrogens is 229 g/mol. The Hall–Kier alpha value is -1.07. The van der Waals surface area contributed by atoms with E-state index >= 15 is 0 Å². The van der Waals surface area contributed by atoms with E-state index in [2.05, 4.69) is 5.32 Å². The second-order valence-corrected chi connectivity index (χ2v) is 4.06. The minimum Gasteiger partial charge on any atom is -0.312 e. The van der Waals surface area contributed by atoms with Crippen LogP contribution in [0.25, 0.3) is 0 Å². The summed E-state index contributed by atoms with van der Waals surface area (Å²) in [6.45, 7) is -0.571. The van der Waals surface area contributed by atoms with E-state index in [0.717, 1.165) is 5.56 Å². The van der Waals surface area contributed by atoms with Crippen molar-refractivity contribution in [2.24, 2.45) is 0 Å². The number of halogens is 3. The van der Waals surface area contributed by atoms with E-state index in [1.54, 1.807) is 7.05 Å². The number of benzene rings is 1. The molecule has 1 atom stereocenters. The molecule has 0 aliphatic heterocycles. The van der Waals surface area contributed by atoms with Gasteiger partial charge in [-0.2, -0.15) is 13.2 Å². The lowest BCUT2D eigenvalue weighted by molar-refractivity contribution is -0.143. The third-order valence-corrected chi connectivity index (χ3v) is 2.49. The van der Waals surface area contributed by atoms with Crippen molar-refractivity contribution in [1.82, 2.24) is 10.2 Å². The van der Waals surface area contributed by atoms with E-state index in [4.69, 9.17) is 0 Å². The number of hydrogen-bond donors (Lipinski definition) is 1. The molecule has 1 rings (SSSR count). The van der Waals surface area contributed by atoms with Crippen LogP contribution < -0.4 is 5.32 Å². The van der Waals surface area contributed by atoms with Crippen LogP contribution >= 0.6 is 0 Å². The Morgan fingerprint density at radius 1 is 1.24 bits per heavy atom. The van der Waals surface area contributed by atoms with Gasteiger partial charge in [-0.05, 0) is 19.7 Å². The predicted molar refractivity (Wildman–Crippen MR) is 61.8 cm³/mol. The van der Waals surface area contributed by atoms with Crippen molar-refractivity contribution >= 4 is 0 Å². The van der Waals surface area contributed by atoms with Crippen LogP contribution in [-0.4, -0.2) is 38.3 Å². The van der Waals surface area contributed by atoms with Crippen molar-refractivity contribution in [2.45, 2.75) is 12.2 Å². The highest BCUT2D eigenvalue weighted by Gasteiger charge is 2.29. The standard InChI is InChI=1S/C12H17F3N2/c1-16-11(10-6-4-3-5-7-10)8-17(2)9-12(13,14)15/h3-7,11,16H,8-9H2,1-2H3. The third kappa shape index (κ3) is 5.19. The lowest BCUT2D eigenvalue weighted by Crippen LogP contribution is -2.37. The lowest BCUT2D eigenvalue weighted by atomic mass is 10.1. The number of hydrogen-bond acceptors (Lipinski definition) is 2. The largest absolute Gasteiger partial charge is 0.401 e. The minimum absolute atomic E-state index is 0.0939. The fourth-order valence-electron chi connectivity index (χ4n) is 1.73. The fraction of sp³-hybridized carbons (Fsp3) is 0.500. The first-order valence-corrected chi connectivity index (χ1v) is 5.40. The molecule has 0 aliphatic carbocycles. The molecule has 1 unspecified atom stereocenters. The Kier molecular flexibility index (Phi) is 4.96. The quantitative estimate of drug-likeness (QED) is 0.858. The molecule has 5 heteroatoms. The van der Waals surface area contributed by atoms with Crippen LogP contribution in [0.3, 0.4) is 0 Å². The van der Waals surface area contributed by atoms with E-state index in [9.17, 15) is 13.2 Å². The minimum atomic E-state index is -4.15. The van der Waals surface area contributed by atoms with Crippen LogP contribution in [0, 0.1) is 0 Å². The summed E-state index contributed by atoms with van der Waals surface area (Å²) in [5.41, 5.74) is 0.990. The van der Waals surface area contributed by atoms with E-state index in [1.165, 1.54) is 11.9 Å². The van der Waals surface area contributed by atoms with Crippen LogP contribution in [-0.2, 0) is 0 Å². The average Bonchev–Trinajstić information content (AvgIpc) is 2.24. The first kappa shape index (κ1) is 14.0. The molecule has 0 radical (unpaired) electrons. The molecule has 96 valence electrons. The highest BCUT2D eigenvalue weighted by atomic mass is 19.4. The van der Waals surface area contributed by atoms with Gasteiger partial charge in [0.1, 0.15) is 0 Å². The van der Waals surface area contributed by atoms with Gasteiger partial charge in [0.05, 0.1) is 6.54 Å². The van der Waals surface area contributed by atoms with Gasteiger partial charge in [-0.3, -0.25) is 4.90 Å². The third-order valence-electron chi connectivity index (χ3n) is 2.49. The Bertz CT molecular complexity index is 324. The second kappa shape index (κ2) is 6.02. The summed E-state index contributed by atoms with van der Waals surface area (Å²) in [4.78, 5) is 1.27. The zero-order valence-corrected chi connectivity index (χ0v) is 9.96. The Labute approximate surface area is 99.4 Å². The number of nitrogens with one attached hydrogen (secondary N) is 1. The highest BCUT2D eigenvalue weighted by Crippen LogP contribution is 2.18. The number of alkyl halides is 3. The van der Waals surface area contributed by atoms with Crippen LogP contribution in [0.5, 0.6) is 0 Å². The molecule has 0 spiro atoms. The summed E-state index contributed by atoms with van der Waals surface area (Å²) in [5, 5.41) is 3.03. The monoisotopic (exact) mass is 246 g/mol. The molecule has 1 aromatic carbocycles. The molecule has 2 nitrogen and oxygen atoms in total. The van der Waals surface area contributed by atoms with E-state index in [0.29, 0.717) is 6.54 Å². The SMILES string of the molecule is CNC(CN(C)CC(F)(F)F)c1ccccc1. The van der Waals surface area contributed by atoms with Crippen molar-refractivity contribution in [3.63, 3.8) is 0 Å². The molecule has 0 aliphatic rings. The molecule has 0 saturated heterocycles. The van der Waals surface area contributed by atoms with E-state index < -0.39 is 12.7 Å². The Balaban J connectivity index is 2.59. The van der Waals surface area contributed by atoms with Gasteiger partial charge in [-0.1, -0.05) is 30.3 Å². The Morgan fingerprint density at radius 2 is 1.82 bits per heavy atom. The molecule has 0 amide bonds. The summed E-state index contributed by atoms with van der Waals surface area (Å²) in [7, 11) is 3.22. The number of rotatable bonds is 5. The molecule has 0 fully saturated rings. The first-order valence-electron chi connectivity index (χ1n) is 5.40. The predicted octanol–water partition coefficient (Wildman–Crippen LogP) is 2.44. The molecule has 1 N–H and O–H groups in total. The summed E-state index contributed by atoms with van der Waals surface area (Å²) in [5.74, 6) is 0. The van der Waals surface area contributed by atoms with Gasteiger partial charge in [0.25, 0.3) is 0 Å². The van der Waals surface area contributed by atoms with Gasteiger partial charge >= 0.3 is 6.18 Å². The van der Waals surface area contributed by atoms with Gasteiger partial charge in [0.2, 0.25) is 0 Å². The van der Waals surface area contributed by atoms with Crippen LogP contribution in [0.2, 0.25) is 0 Å². The van der Waals surface area contributed by atoms with E-state index in [1.807, 2.05) is 30.3 Å². The molecule has 17 heavy (non-hydrogen) atoms. The van der Waals surface area contributed by atoms with Crippen LogP contribution in [0.4, 0.5) is 13.2 Å². The van der Waals surface area contributed by atoms with Crippen molar-refractivity contribution < 1.29 is 13.2 Å². The maximum absolute atomic E-state index is 12.2. The number of likely N-dealkylation sites (N-methyl/N-ethyl adjacent to an activating group) is 2. The topological polar surface area (TPSA) is 15.3 Å². The van der Waals surface area contributed by atoms with Gasteiger partial charge in [-0.15, -0.1) is 0 Å². The normalized spacial score (nSPS) is 14.0. The summed E-state index contributed by atoms with van der Waals surface area (Å²) in [6.07, 6.45) is -4.15. The van der Waals surface area contributed by atoms with Crippen LogP contribution in [0.1, 0.15) is 11.6 Å². The van der Waals surface area contributed by atoms with Crippen molar-refractivity contribution in [3.05, 3.63) is 35.9 Å². The van der Waals surface area contributed by atoms with Crippen molar-refractivity contribution in [2.75, 3.05) is 27.2 Å². The van der Waals surface area contributed by atoms with Crippen molar-refractivity contribution in [1.29, 1.82) is 0 Å². The maximum Gasteiger partial charge on any atom is 0.401 e. The van der Waals surface area contributed by atoms with Gasteiger partial charge in [0.15, 0.2) is 0 Å². The van der Waals surface area contributed by atoms with Crippen molar-refractivity contribution in [3.8, 4) is 0 Å². The molecule has 0 bridgehead atoms. The van der Waals surface area contributed by atoms with E-state index in [-0.39, 0.29) is 6.04 Å². The van der Waals surface area contributed by atoms with Gasteiger partial charge in [0, 0.05) is 12.6 Å². The molecule has 0 aromatic heterocycles. The molecule has 0 heterocycles. The zero-order chi connectivity index (χ0) is 12.9. The molecule has 1 aromatic rings. The first-order chi connectivity index (χ1) is 7.92. The summed E-state index contributed by atoms with van der Waals surface area (Å²) >= 11 is 0. The zero-order valence-electron chi connectivity index (χ0n) is 9.96.